The third-order valence-electron chi connectivity index (χ3n) is 6.38. The SMILES string of the molecule is CCOC(=O)O[C@@H]1C=C[C@H](n2cnc3c(NCC(c4ccccc4)c4ccccc4)nc(C(=O)O)nc32)C1. The number of nitrogens with one attached hydrogen (secondary N) is 1. The Balaban J connectivity index is 1.43. The number of ether oxygens (including phenoxy) is 2. The average Bonchev–Trinajstić information content (AvgIpc) is 3.57. The van der Waals surface area contributed by atoms with Crippen molar-refractivity contribution in [3.8, 4) is 0 Å². The molecule has 1 aliphatic carbocycles. The number of nitrogens with zero attached hydrogens (tertiary/aromatic N) is 4. The Morgan fingerprint density at radius 3 is 2.37 bits per heavy atom. The van der Waals surface area contributed by atoms with Crippen LogP contribution in [0.25, 0.3) is 11.2 Å². The number of hydrogen-bond donors (Lipinski definition) is 2. The second-order valence-electron chi connectivity index (χ2n) is 8.81. The molecule has 10 heteroatoms. The molecular weight excluding hydrogens is 486 g/mol. The maximum Gasteiger partial charge on any atom is 0.508 e. The zero-order chi connectivity index (χ0) is 26.5. The van der Waals surface area contributed by atoms with Gasteiger partial charge in [0.15, 0.2) is 17.0 Å². The van der Waals surface area contributed by atoms with Crippen LogP contribution >= 0.6 is 0 Å². The van der Waals surface area contributed by atoms with Crippen LogP contribution in [0.1, 0.15) is 47.1 Å². The first-order chi connectivity index (χ1) is 18.5. The van der Waals surface area contributed by atoms with Gasteiger partial charge in [0.2, 0.25) is 5.82 Å². The normalized spacial score (nSPS) is 16.6. The second-order valence-corrected chi connectivity index (χ2v) is 8.81. The van der Waals surface area contributed by atoms with Crippen molar-refractivity contribution in [3.63, 3.8) is 0 Å². The Morgan fingerprint density at radius 2 is 1.74 bits per heavy atom. The molecule has 4 aromatic rings. The minimum absolute atomic E-state index is 0.00340. The Bertz CT molecular complexity index is 1420. The number of aromatic nitrogens is 4. The largest absolute Gasteiger partial charge is 0.508 e. The Labute approximate surface area is 219 Å². The molecule has 0 saturated carbocycles. The summed E-state index contributed by atoms with van der Waals surface area (Å²) < 4.78 is 11.9. The molecule has 38 heavy (non-hydrogen) atoms. The maximum atomic E-state index is 11.9. The number of rotatable bonds is 9. The van der Waals surface area contributed by atoms with E-state index in [0.29, 0.717) is 29.9 Å². The van der Waals surface area contributed by atoms with Crippen molar-refractivity contribution in [2.45, 2.75) is 31.4 Å². The van der Waals surface area contributed by atoms with E-state index in [1.54, 1.807) is 23.9 Å². The first-order valence-corrected chi connectivity index (χ1v) is 12.4. The smallest absolute Gasteiger partial charge is 0.475 e. The van der Waals surface area contributed by atoms with Gasteiger partial charge < -0.3 is 24.5 Å². The van der Waals surface area contributed by atoms with Crippen molar-refractivity contribution in [1.29, 1.82) is 0 Å². The Morgan fingerprint density at radius 1 is 1.05 bits per heavy atom. The quantitative estimate of drug-likeness (QED) is 0.239. The lowest BCUT2D eigenvalue weighted by Gasteiger charge is -2.19. The number of fused-ring (bicyclic) bond motifs is 1. The molecule has 10 nitrogen and oxygen atoms in total. The van der Waals surface area contributed by atoms with Crippen LogP contribution in [0.2, 0.25) is 0 Å². The summed E-state index contributed by atoms with van der Waals surface area (Å²) in [6.07, 6.45) is 4.50. The van der Waals surface area contributed by atoms with Gasteiger partial charge in [-0.15, -0.1) is 0 Å². The molecule has 0 unspecified atom stereocenters. The lowest BCUT2D eigenvalue weighted by atomic mass is 9.91. The predicted octanol–water partition coefficient (Wildman–Crippen LogP) is 4.81. The van der Waals surface area contributed by atoms with Crippen LogP contribution in [0.4, 0.5) is 10.6 Å². The highest BCUT2D eigenvalue weighted by Crippen LogP contribution is 2.31. The van der Waals surface area contributed by atoms with Crippen molar-refractivity contribution in [2.75, 3.05) is 18.5 Å². The number of anilines is 1. The molecule has 2 aromatic heterocycles. The summed E-state index contributed by atoms with van der Waals surface area (Å²) in [6, 6.07) is 19.9. The minimum Gasteiger partial charge on any atom is -0.475 e. The zero-order valence-corrected chi connectivity index (χ0v) is 20.7. The highest BCUT2D eigenvalue weighted by Gasteiger charge is 2.27. The topological polar surface area (TPSA) is 128 Å². The van der Waals surface area contributed by atoms with E-state index in [4.69, 9.17) is 9.47 Å². The van der Waals surface area contributed by atoms with E-state index in [1.807, 2.05) is 42.5 Å². The summed E-state index contributed by atoms with van der Waals surface area (Å²) in [5.41, 5.74) is 3.06. The van der Waals surface area contributed by atoms with E-state index < -0.39 is 18.2 Å². The standard InChI is InChI=1S/C28H27N5O5/c1-2-37-28(36)38-21-14-13-20(15-21)33-17-30-23-24(31-25(27(34)35)32-26(23)33)29-16-22(18-9-5-3-6-10-18)19-11-7-4-8-12-19/h3-14,17,20-22H,2,15-16H2,1H3,(H,34,35)(H,29,31,32)/t20-,21+/m0/s1. The molecule has 0 amide bonds. The summed E-state index contributed by atoms with van der Waals surface area (Å²) in [5.74, 6) is -1.24. The van der Waals surface area contributed by atoms with E-state index in [2.05, 4.69) is 44.5 Å². The number of carbonyl (C=O) groups is 2. The third-order valence-corrected chi connectivity index (χ3v) is 6.38. The van der Waals surface area contributed by atoms with E-state index >= 15 is 0 Å². The number of imidazole rings is 1. The van der Waals surface area contributed by atoms with Gasteiger partial charge >= 0.3 is 12.1 Å². The van der Waals surface area contributed by atoms with Crippen molar-refractivity contribution in [1.82, 2.24) is 19.5 Å². The third kappa shape index (κ3) is 5.34. The molecule has 0 bridgehead atoms. The van der Waals surface area contributed by atoms with Gasteiger partial charge in [-0.25, -0.2) is 24.5 Å². The molecule has 0 saturated heterocycles. The zero-order valence-electron chi connectivity index (χ0n) is 20.7. The van der Waals surface area contributed by atoms with Crippen molar-refractivity contribution in [3.05, 3.63) is 96.1 Å². The van der Waals surface area contributed by atoms with E-state index in [9.17, 15) is 14.7 Å². The molecule has 194 valence electrons. The average molecular weight is 514 g/mol. The molecule has 0 aliphatic heterocycles. The second kappa shape index (κ2) is 11.1. The first-order valence-electron chi connectivity index (χ1n) is 12.4. The van der Waals surface area contributed by atoms with Crippen LogP contribution < -0.4 is 5.32 Å². The van der Waals surface area contributed by atoms with Gasteiger partial charge in [0, 0.05) is 18.9 Å². The molecule has 0 fully saturated rings. The number of aromatic carboxylic acids is 1. The van der Waals surface area contributed by atoms with Gasteiger partial charge in [-0.1, -0.05) is 66.7 Å². The van der Waals surface area contributed by atoms with E-state index in [-0.39, 0.29) is 24.4 Å². The fourth-order valence-electron chi connectivity index (χ4n) is 4.59. The molecular formula is C28H27N5O5. The fraction of sp³-hybridized carbons (Fsp3) is 0.250. The predicted molar refractivity (Wildman–Crippen MR) is 140 cm³/mol. The summed E-state index contributed by atoms with van der Waals surface area (Å²) >= 11 is 0. The van der Waals surface area contributed by atoms with Crippen LogP contribution in [-0.2, 0) is 9.47 Å². The van der Waals surface area contributed by atoms with Gasteiger partial charge in [-0.05, 0) is 24.1 Å². The highest BCUT2D eigenvalue weighted by atomic mass is 16.7. The fourth-order valence-corrected chi connectivity index (χ4v) is 4.59. The van der Waals surface area contributed by atoms with Crippen LogP contribution in [-0.4, -0.2) is 56.0 Å². The monoisotopic (exact) mass is 513 g/mol. The molecule has 2 atom stereocenters. The summed E-state index contributed by atoms with van der Waals surface area (Å²) in [4.78, 5) is 36.7. The van der Waals surface area contributed by atoms with Gasteiger partial charge in [0.05, 0.1) is 19.0 Å². The lowest BCUT2D eigenvalue weighted by molar-refractivity contribution is 0.0387. The van der Waals surface area contributed by atoms with Crippen molar-refractivity contribution in [2.24, 2.45) is 0 Å². The number of hydrogen-bond acceptors (Lipinski definition) is 8. The molecule has 0 spiro atoms. The Hall–Kier alpha value is -4.73. The van der Waals surface area contributed by atoms with Gasteiger partial charge in [-0.2, -0.15) is 0 Å². The number of carboxylic acid groups (broad SMARTS) is 1. The first kappa shape index (κ1) is 24.9. The molecule has 2 N–H and O–H groups in total. The molecule has 1 aliphatic rings. The van der Waals surface area contributed by atoms with E-state index in [1.165, 1.54) is 0 Å². The van der Waals surface area contributed by atoms with Crippen LogP contribution in [0.5, 0.6) is 0 Å². The number of carboxylic acids is 1. The van der Waals surface area contributed by atoms with E-state index in [0.717, 1.165) is 11.1 Å². The maximum absolute atomic E-state index is 11.9. The number of allylic oxidation sites excluding steroid dienone is 1. The van der Waals surface area contributed by atoms with Crippen molar-refractivity contribution < 1.29 is 24.2 Å². The molecule has 5 rings (SSSR count). The summed E-state index contributed by atoms with van der Waals surface area (Å²) in [6.45, 7) is 2.40. The van der Waals surface area contributed by atoms with Gasteiger partial charge in [0.1, 0.15) is 6.10 Å². The lowest BCUT2D eigenvalue weighted by Crippen LogP contribution is -2.18. The highest BCUT2D eigenvalue weighted by molar-refractivity contribution is 5.90. The van der Waals surface area contributed by atoms with Crippen LogP contribution in [0.3, 0.4) is 0 Å². The van der Waals surface area contributed by atoms with Gasteiger partial charge in [-0.3, -0.25) is 0 Å². The number of benzene rings is 2. The molecule has 0 radical (unpaired) electrons. The van der Waals surface area contributed by atoms with Crippen LogP contribution in [0, 0.1) is 0 Å². The molecule has 2 heterocycles. The summed E-state index contributed by atoms with van der Waals surface area (Å²) in [7, 11) is 0. The Kier molecular flexibility index (Phi) is 7.30. The van der Waals surface area contributed by atoms with Crippen molar-refractivity contribution >= 4 is 29.1 Å². The summed E-state index contributed by atoms with van der Waals surface area (Å²) in [5, 5.41) is 13.1. The number of carbonyl (C=O) groups excluding carboxylic acids is 1. The molecule has 2 aromatic carbocycles. The minimum atomic E-state index is -1.24. The van der Waals surface area contributed by atoms with Gasteiger partial charge in [0.25, 0.3) is 0 Å². The van der Waals surface area contributed by atoms with Crippen LogP contribution in [0.15, 0.2) is 79.1 Å².